The Bertz CT molecular complexity index is 705. The van der Waals surface area contributed by atoms with Gasteiger partial charge in [-0.2, -0.15) is 0 Å². The number of sulfone groups is 1. The van der Waals surface area contributed by atoms with Crippen LogP contribution in [0.4, 0.5) is 10.8 Å². The first kappa shape index (κ1) is 14.1. The van der Waals surface area contributed by atoms with Gasteiger partial charge in [-0.1, -0.05) is 11.3 Å². The minimum Gasteiger partial charge on any atom is -0.399 e. The molecule has 0 saturated heterocycles. The summed E-state index contributed by atoms with van der Waals surface area (Å²) in [6, 6.07) is 5.51. The van der Waals surface area contributed by atoms with E-state index in [2.05, 4.69) is 10.3 Å². The Labute approximate surface area is 116 Å². The minimum absolute atomic E-state index is 0.321. The van der Waals surface area contributed by atoms with E-state index in [1.54, 1.807) is 19.9 Å². The summed E-state index contributed by atoms with van der Waals surface area (Å²) in [5, 5.41) is 3.79. The van der Waals surface area contributed by atoms with Crippen LogP contribution in [0.1, 0.15) is 13.8 Å². The fraction of sp³-hybridized carbons (Fsp3) is 0.417. The van der Waals surface area contributed by atoms with Gasteiger partial charge < -0.3 is 11.1 Å². The van der Waals surface area contributed by atoms with E-state index in [0.29, 0.717) is 17.4 Å². The molecule has 1 aromatic carbocycles. The highest BCUT2D eigenvalue weighted by atomic mass is 32.2. The number of benzene rings is 1. The fourth-order valence-corrected chi connectivity index (χ4v) is 2.68. The SMILES string of the molecule is CC(C)(CNc1nc2ccc(N)cc2s1)S(C)(=O)=O. The lowest BCUT2D eigenvalue weighted by atomic mass is 10.2. The van der Waals surface area contributed by atoms with Crippen LogP contribution in [0.3, 0.4) is 0 Å². The van der Waals surface area contributed by atoms with E-state index in [1.165, 1.54) is 17.6 Å². The van der Waals surface area contributed by atoms with E-state index < -0.39 is 14.6 Å². The molecule has 0 aliphatic carbocycles. The quantitative estimate of drug-likeness (QED) is 0.845. The average Bonchev–Trinajstić information content (AvgIpc) is 2.67. The standard InChI is InChI=1S/C12H17N3O2S2/c1-12(2,19(3,16)17)7-14-11-15-9-5-4-8(13)6-10(9)18-11/h4-6H,7,13H2,1-3H3,(H,14,15). The maximum atomic E-state index is 11.6. The molecule has 19 heavy (non-hydrogen) atoms. The molecule has 1 heterocycles. The summed E-state index contributed by atoms with van der Waals surface area (Å²) in [6.45, 7) is 3.71. The van der Waals surface area contributed by atoms with Crippen molar-refractivity contribution in [3.63, 3.8) is 0 Å². The molecular formula is C12H17N3O2S2. The highest BCUT2D eigenvalue weighted by molar-refractivity contribution is 7.92. The molecule has 0 aliphatic heterocycles. The largest absolute Gasteiger partial charge is 0.399 e. The molecule has 0 saturated carbocycles. The van der Waals surface area contributed by atoms with Crippen molar-refractivity contribution in [2.24, 2.45) is 0 Å². The van der Waals surface area contributed by atoms with E-state index in [-0.39, 0.29) is 0 Å². The number of aromatic nitrogens is 1. The third-order valence-corrected chi connectivity index (χ3v) is 6.21. The molecule has 7 heteroatoms. The summed E-state index contributed by atoms with van der Waals surface area (Å²) >= 11 is 1.47. The second-order valence-electron chi connectivity index (χ2n) is 5.13. The number of anilines is 2. The molecule has 0 radical (unpaired) electrons. The van der Waals surface area contributed by atoms with Gasteiger partial charge in [0.2, 0.25) is 0 Å². The van der Waals surface area contributed by atoms with Gasteiger partial charge in [0.25, 0.3) is 0 Å². The van der Waals surface area contributed by atoms with Gasteiger partial charge in [0.1, 0.15) is 0 Å². The van der Waals surface area contributed by atoms with Crippen LogP contribution in [0, 0.1) is 0 Å². The maximum absolute atomic E-state index is 11.6. The maximum Gasteiger partial charge on any atom is 0.183 e. The van der Waals surface area contributed by atoms with Crippen molar-refractivity contribution in [3.05, 3.63) is 18.2 Å². The van der Waals surface area contributed by atoms with Crippen molar-refractivity contribution < 1.29 is 8.42 Å². The average molecular weight is 299 g/mol. The summed E-state index contributed by atoms with van der Waals surface area (Å²) < 4.78 is 23.4. The van der Waals surface area contributed by atoms with Gasteiger partial charge in [0.05, 0.1) is 15.0 Å². The predicted molar refractivity (Wildman–Crippen MR) is 81.4 cm³/mol. The van der Waals surface area contributed by atoms with Crippen LogP contribution >= 0.6 is 11.3 Å². The molecule has 0 bridgehead atoms. The van der Waals surface area contributed by atoms with Crippen molar-refractivity contribution in [1.29, 1.82) is 0 Å². The number of nitrogens with two attached hydrogens (primary N) is 1. The van der Waals surface area contributed by atoms with Crippen LogP contribution in [0.2, 0.25) is 0 Å². The van der Waals surface area contributed by atoms with Gasteiger partial charge in [-0.25, -0.2) is 13.4 Å². The summed E-state index contributed by atoms with van der Waals surface area (Å²) in [5.74, 6) is 0. The normalized spacial score (nSPS) is 12.8. The number of hydrogen-bond acceptors (Lipinski definition) is 6. The lowest BCUT2D eigenvalue weighted by Gasteiger charge is -2.22. The summed E-state index contributed by atoms with van der Waals surface area (Å²) in [4.78, 5) is 4.40. The third-order valence-electron chi connectivity index (χ3n) is 3.08. The number of nitrogen functional groups attached to an aromatic ring is 1. The van der Waals surface area contributed by atoms with Crippen LogP contribution in [0.5, 0.6) is 0 Å². The Kier molecular flexibility index (Phi) is 3.44. The molecule has 104 valence electrons. The molecule has 3 N–H and O–H groups in total. The van der Waals surface area contributed by atoms with Crippen molar-refractivity contribution in [2.45, 2.75) is 18.6 Å². The summed E-state index contributed by atoms with van der Waals surface area (Å²) in [5.41, 5.74) is 7.27. The molecule has 5 nitrogen and oxygen atoms in total. The second-order valence-corrected chi connectivity index (χ2v) is 8.81. The Morgan fingerprint density at radius 1 is 1.42 bits per heavy atom. The number of nitrogens with one attached hydrogen (secondary N) is 1. The Morgan fingerprint density at radius 2 is 2.11 bits per heavy atom. The van der Waals surface area contributed by atoms with Crippen LogP contribution in [-0.4, -0.2) is 30.9 Å². The van der Waals surface area contributed by atoms with Crippen LogP contribution < -0.4 is 11.1 Å². The first-order chi connectivity index (χ1) is 8.69. The van der Waals surface area contributed by atoms with E-state index in [9.17, 15) is 8.42 Å². The molecule has 0 atom stereocenters. The lowest BCUT2D eigenvalue weighted by Crippen LogP contribution is -2.38. The Hall–Kier alpha value is -1.34. The molecule has 2 rings (SSSR count). The van der Waals surface area contributed by atoms with Crippen LogP contribution in [0.25, 0.3) is 10.2 Å². The zero-order chi connectivity index (χ0) is 14.3. The van der Waals surface area contributed by atoms with Crippen LogP contribution in [0.15, 0.2) is 18.2 Å². The van der Waals surface area contributed by atoms with Crippen molar-refractivity contribution in [1.82, 2.24) is 4.98 Å². The third kappa shape index (κ3) is 2.98. The molecule has 2 aromatic rings. The Balaban J connectivity index is 2.19. The first-order valence-corrected chi connectivity index (χ1v) is 8.49. The lowest BCUT2D eigenvalue weighted by molar-refractivity contribution is 0.560. The molecule has 0 aliphatic rings. The highest BCUT2D eigenvalue weighted by Gasteiger charge is 2.30. The van der Waals surface area contributed by atoms with Crippen molar-refractivity contribution >= 4 is 42.2 Å². The zero-order valence-corrected chi connectivity index (χ0v) is 12.7. The zero-order valence-electron chi connectivity index (χ0n) is 11.1. The first-order valence-electron chi connectivity index (χ1n) is 5.78. The smallest absolute Gasteiger partial charge is 0.183 e. The van der Waals surface area contributed by atoms with Crippen molar-refractivity contribution in [2.75, 3.05) is 23.9 Å². The van der Waals surface area contributed by atoms with E-state index in [4.69, 9.17) is 5.73 Å². The number of thiazole rings is 1. The minimum atomic E-state index is -3.11. The van der Waals surface area contributed by atoms with Gasteiger partial charge in [0, 0.05) is 18.5 Å². The molecule has 0 unspecified atom stereocenters. The summed E-state index contributed by atoms with van der Waals surface area (Å²) in [7, 11) is -3.11. The van der Waals surface area contributed by atoms with Gasteiger partial charge in [-0.15, -0.1) is 0 Å². The van der Waals surface area contributed by atoms with Gasteiger partial charge in [-0.05, 0) is 32.0 Å². The Morgan fingerprint density at radius 3 is 2.74 bits per heavy atom. The highest BCUT2D eigenvalue weighted by Crippen LogP contribution is 2.28. The van der Waals surface area contributed by atoms with Crippen LogP contribution in [-0.2, 0) is 9.84 Å². The van der Waals surface area contributed by atoms with Crippen molar-refractivity contribution in [3.8, 4) is 0 Å². The monoisotopic (exact) mass is 299 g/mol. The molecule has 0 amide bonds. The van der Waals surface area contributed by atoms with Gasteiger partial charge in [-0.3, -0.25) is 0 Å². The van der Waals surface area contributed by atoms with E-state index >= 15 is 0 Å². The van der Waals surface area contributed by atoms with E-state index in [1.807, 2.05) is 12.1 Å². The second kappa shape index (κ2) is 4.64. The molecule has 0 fully saturated rings. The topological polar surface area (TPSA) is 85.1 Å². The van der Waals surface area contributed by atoms with Gasteiger partial charge in [0.15, 0.2) is 15.0 Å². The number of fused-ring (bicyclic) bond motifs is 1. The molecule has 1 aromatic heterocycles. The number of nitrogens with zero attached hydrogens (tertiary/aromatic N) is 1. The van der Waals surface area contributed by atoms with E-state index in [0.717, 1.165) is 10.2 Å². The fourth-order valence-electron chi connectivity index (χ4n) is 1.44. The number of rotatable bonds is 4. The molecule has 0 spiro atoms. The summed E-state index contributed by atoms with van der Waals surface area (Å²) in [6.07, 6.45) is 1.24. The van der Waals surface area contributed by atoms with Gasteiger partial charge >= 0.3 is 0 Å². The number of hydrogen-bond donors (Lipinski definition) is 2. The predicted octanol–water partition coefficient (Wildman–Crippen LogP) is 2.11. The molecular weight excluding hydrogens is 282 g/mol.